The van der Waals surface area contributed by atoms with Crippen molar-refractivity contribution in [2.75, 3.05) is 12.4 Å². The highest BCUT2D eigenvalue weighted by Crippen LogP contribution is 2.34. The molecule has 26 heavy (non-hydrogen) atoms. The van der Waals surface area contributed by atoms with Gasteiger partial charge >= 0.3 is 0 Å². The number of aromatic amines is 1. The predicted octanol–water partition coefficient (Wildman–Crippen LogP) is 5.08. The van der Waals surface area contributed by atoms with Crippen LogP contribution in [0.25, 0.3) is 10.9 Å². The average Bonchev–Trinajstić information content (AvgIpc) is 3.02. The zero-order valence-electron chi connectivity index (χ0n) is 14.9. The van der Waals surface area contributed by atoms with Crippen molar-refractivity contribution in [1.29, 1.82) is 0 Å². The van der Waals surface area contributed by atoms with Crippen molar-refractivity contribution in [2.45, 2.75) is 13.0 Å². The van der Waals surface area contributed by atoms with Gasteiger partial charge in [-0.05, 0) is 36.8 Å². The normalized spacial score (nSPS) is 12.1. The highest BCUT2D eigenvalue weighted by Gasteiger charge is 2.21. The highest BCUT2D eigenvalue weighted by molar-refractivity contribution is 5.86. The Morgan fingerprint density at radius 1 is 1.04 bits per heavy atom. The maximum Gasteiger partial charge on any atom is 0.120 e. The maximum absolute atomic E-state index is 5.37. The number of benzene rings is 2. The minimum atomic E-state index is -0.0213. The Kier molecular flexibility index (Phi) is 4.32. The van der Waals surface area contributed by atoms with Crippen molar-refractivity contribution in [3.8, 4) is 5.75 Å². The minimum absolute atomic E-state index is 0.0213. The summed E-state index contributed by atoms with van der Waals surface area (Å²) in [4.78, 5) is 7.83. The number of hydrogen-bond acceptors (Lipinski definition) is 3. The Balaban J connectivity index is 1.84. The van der Waals surface area contributed by atoms with Gasteiger partial charge in [0.15, 0.2) is 0 Å². The average molecular weight is 343 g/mol. The van der Waals surface area contributed by atoms with E-state index in [1.54, 1.807) is 13.3 Å². The van der Waals surface area contributed by atoms with Crippen LogP contribution in [0.3, 0.4) is 0 Å². The molecule has 0 radical (unpaired) electrons. The largest absolute Gasteiger partial charge is 0.497 e. The zero-order valence-corrected chi connectivity index (χ0v) is 14.9. The molecule has 2 aromatic carbocycles. The number of nitrogens with one attached hydrogen (secondary N) is 2. The van der Waals surface area contributed by atoms with Gasteiger partial charge in [-0.2, -0.15) is 0 Å². The van der Waals surface area contributed by atoms with E-state index in [2.05, 4.69) is 58.6 Å². The van der Waals surface area contributed by atoms with Crippen molar-refractivity contribution in [3.63, 3.8) is 0 Å². The number of pyridine rings is 1. The third-order valence-electron chi connectivity index (χ3n) is 4.63. The SMILES string of the molecule is COc1cccc(N[C@H](c2cccnc2)c2c(C)[nH]c3ccccc23)c1. The van der Waals surface area contributed by atoms with Gasteiger partial charge in [0.25, 0.3) is 0 Å². The number of H-pyrrole nitrogens is 1. The molecule has 4 aromatic rings. The first-order valence-corrected chi connectivity index (χ1v) is 8.64. The maximum atomic E-state index is 5.37. The molecule has 2 N–H and O–H groups in total. The predicted molar refractivity (Wildman–Crippen MR) is 106 cm³/mol. The van der Waals surface area contributed by atoms with Crippen LogP contribution in [0.4, 0.5) is 5.69 Å². The first-order valence-electron chi connectivity index (χ1n) is 8.64. The van der Waals surface area contributed by atoms with Crippen LogP contribution >= 0.6 is 0 Å². The van der Waals surface area contributed by atoms with E-state index in [-0.39, 0.29) is 6.04 Å². The summed E-state index contributed by atoms with van der Waals surface area (Å²) in [5, 5.41) is 4.88. The van der Waals surface area contributed by atoms with Crippen LogP contribution in [0.2, 0.25) is 0 Å². The van der Waals surface area contributed by atoms with Gasteiger partial charge in [0, 0.05) is 46.3 Å². The molecule has 0 bridgehead atoms. The van der Waals surface area contributed by atoms with Gasteiger partial charge in [-0.3, -0.25) is 4.98 Å². The summed E-state index contributed by atoms with van der Waals surface area (Å²) in [5.74, 6) is 0.829. The molecule has 2 heterocycles. The minimum Gasteiger partial charge on any atom is -0.497 e. The number of ether oxygens (including phenoxy) is 1. The van der Waals surface area contributed by atoms with Crippen molar-refractivity contribution in [1.82, 2.24) is 9.97 Å². The Morgan fingerprint density at radius 2 is 1.92 bits per heavy atom. The van der Waals surface area contributed by atoms with E-state index in [9.17, 15) is 0 Å². The second-order valence-corrected chi connectivity index (χ2v) is 6.30. The highest BCUT2D eigenvalue weighted by atomic mass is 16.5. The van der Waals surface area contributed by atoms with Crippen LogP contribution in [0.1, 0.15) is 22.9 Å². The van der Waals surface area contributed by atoms with E-state index in [0.29, 0.717) is 0 Å². The van der Waals surface area contributed by atoms with Crippen molar-refractivity contribution >= 4 is 16.6 Å². The van der Waals surface area contributed by atoms with Crippen LogP contribution in [0.15, 0.2) is 73.1 Å². The van der Waals surface area contributed by atoms with E-state index in [1.165, 1.54) is 10.9 Å². The summed E-state index contributed by atoms with van der Waals surface area (Å²) >= 11 is 0. The molecule has 4 rings (SSSR count). The van der Waals surface area contributed by atoms with Crippen LogP contribution < -0.4 is 10.1 Å². The Bertz CT molecular complexity index is 1020. The second-order valence-electron chi connectivity index (χ2n) is 6.30. The fourth-order valence-electron chi connectivity index (χ4n) is 3.42. The second kappa shape index (κ2) is 6.92. The smallest absolute Gasteiger partial charge is 0.120 e. The van der Waals surface area contributed by atoms with Crippen molar-refractivity contribution < 1.29 is 4.74 Å². The molecule has 1 atom stereocenters. The molecule has 0 aliphatic heterocycles. The summed E-state index contributed by atoms with van der Waals surface area (Å²) in [5.41, 5.74) is 5.64. The number of aryl methyl sites for hydroxylation is 1. The third kappa shape index (κ3) is 3.02. The molecule has 0 spiro atoms. The molecule has 4 heteroatoms. The quantitative estimate of drug-likeness (QED) is 0.531. The van der Waals surface area contributed by atoms with Gasteiger partial charge in [-0.25, -0.2) is 0 Å². The van der Waals surface area contributed by atoms with Crippen LogP contribution in [-0.2, 0) is 0 Å². The summed E-state index contributed by atoms with van der Waals surface area (Å²) in [6, 6.07) is 20.4. The molecule has 0 unspecified atom stereocenters. The van der Waals surface area contributed by atoms with Gasteiger partial charge in [0.1, 0.15) is 5.75 Å². The molecule has 4 nitrogen and oxygen atoms in total. The Morgan fingerprint density at radius 3 is 2.73 bits per heavy atom. The summed E-state index contributed by atoms with van der Waals surface area (Å²) in [7, 11) is 1.68. The number of aromatic nitrogens is 2. The van der Waals surface area contributed by atoms with Gasteiger partial charge in [0.2, 0.25) is 0 Å². The molecule has 0 saturated carbocycles. The van der Waals surface area contributed by atoms with E-state index >= 15 is 0 Å². The van der Waals surface area contributed by atoms with E-state index in [4.69, 9.17) is 4.74 Å². The van der Waals surface area contributed by atoms with Gasteiger partial charge in [-0.1, -0.05) is 30.3 Å². The molecule has 0 fully saturated rings. The lowest BCUT2D eigenvalue weighted by atomic mass is 9.97. The summed E-state index contributed by atoms with van der Waals surface area (Å²) in [6.45, 7) is 2.12. The van der Waals surface area contributed by atoms with Gasteiger partial charge in [-0.15, -0.1) is 0 Å². The third-order valence-corrected chi connectivity index (χ3v) is 4.63. The molecular weight excluding hydrogens is 322 g/mol. The standard InChI is InChI=1S/C22H21N3O/c1-15-21(19-10-3-4-11-20(19)24-15)22(16-7-6-12-23-14-16)25-17-8-5-9-18(13-17)26-2/h3-14,22,24-25H,1-2H3/t22-/m1/s1. The molecule has 0 saturated heterocycles. The van der Waals surface area contributed by atoms with E-state index in [0.717, 1.165) is 28.2 Å². The van der Waals surface area contributed by atoms with E-state index < -0.39 is 0 Å². The monoisotopic (exact) mass is 343 g/mol. The van der Waals surface area contributed by atoms with Gasteiger partial charge in [0.05, 0.1) is 13.2 Å². The number of fused-ring (bicyclic) bond motifs is 1. The van der Waals surface area contributed by atoms with Crippen molar-refractivity contribution in [3.05, 3.63) is 89.9 Å². The fraction of sp³-hybridized carbons (Fsp3) is 0.136. The molecule has 0 amide bonds. The van der Waals surface area contributed by atoms with Gasteiger partial charge < -0.3 is 15.0 Å². The molecule has 130 valence electrons. The number of hydrogen-bond donors (Lipinski definition) is 2. The lowest BCUT2D eigenvalue weighted by molar-refractivity contribution is 0.415. The first-order chi connectivity index (χ1) is 12.8. The lowest BCUT2D eigenvalue weighted by Crippen LogP contribution is -2.13. The molecule has 0 aliphatic carbocycles. The fourth-order valence-corrected chi connectivity index (χ4v) is 3.42. The summed E-state index contributed by atoms with van der Waals surface area (Å²) in [6.07, 6.45) is 3.72. The van der Waals surface area contributed by atoms with Crippen LogP contribution in [0.5, 0.6) is 5.75 Å². The number of anilines is 1. The number of nitrogens with zero attached hydrogens (tertiary/aromatic N) is 1. The summed E-state index contributed by atoms with van der Waals surface area (Å²) < 4.78 is 5.37. The number of para-hydroxylation sites is 1. The molecule has 0 aliphatic rings. The number of rotatable bonds is 5. The molecule has 2 aromatic heterocycles. The number of methoxy groups -OCH3 is 1. The molecular formula is C22H21N3O. The Hall–Kier alpha value is -3.27. The Labute approximate surface area is 152 Å². The van der Waals surface area contributed by atoms with Crippen molar-refractivity contribution in [2.24, 2.45) is 0 Å². The zero-order chi connectivity index (χ0) is 17.9. The lowest BCUT2D eigenvalue weighted by Gasteiger charge is -2.21. The topological polar surface area (TPSA) is 49.9 Å². The first kappa shape index (κ1) is 16.2. The van der Waals surface area contributed by atoms with Crippen LogP contribution in [-0.4, -0.2) is 17.1 Å². The van der Waals surface area contributed by atoms with Crippen LogP contribution in [0, 0.1) is 6.92 Å². The van der Waals surface area contributed by atoms with E-state index in [1.807, 2.05) is 30.5 Å².